The molecule has 0 unspecified atom stereocenters. The van der Waals surface area contributed by atoms with E-state index in [2.05, 4.69) is 53.5 Å². The van der Waals surface area contributed by atoms with Crippen molar-refractivity contribution >= 4 is 32.7 Å². The second-order valence-corrected chi connectivity index (χ2v) is 11.6. The van der Waals surface area contributed by atoms with Crippen LogP contribution in [-0.2, 0) is 16.6 Å². The zero-order valence-electron chi connectivity index (χ0n) is 17.5. The highest BCUT2D eigenvalue weighted by atomic mass is 32.2. The van der Waals surface area contributed by atoms with E-state index in [1.807, 2.05) is 12.1 Å². The number of hydrogen-bond acceptors (Lipinski definition) is 4. The summed E-state index contributed by atoms with van der Waals surface area (Å²) in [7, 11) is -3.41. The fraction of sp³-hybridized carbons (Fsp3) is 0.304. The lowest BCUT2D eigenvalue weighted by atomic mass is 10.1. The first kappa shape index (κ1) is 21.4. The van der Waals surface area contributed by atoms with Gasteiger partial charge < -0.3 is 5.32 Å². The first-order chi connectivity index (χ1) is 13.5. The van der Waals surface area contributed by atoms with Crippen LogP contribution in [0, 0.1) is 13.8 Å². The highest BCUT2D eigenvalue weighted by molar-refractivity contribution is 7.94. The van der Waals surface area contributed by atoms with Gasteiger partial charge in [0.15, 0.2) is 0 Å². The van der Waals surface area contributed by atoms with Gasteiger partial charge in [0.25, 0.3) is 0 Å². The van der Waals surface area contributed by atoms with Gasteiger partial charge in [-0.2, -0.15) is 0 Å². The molecule has 0 saturated carbocycles. The van der Waals surface area contributed by atoms with Crippen molar-refractivity contribution in [3.8, 4) is 10.4 Å². The molecule has 0 atom stereocenters. The second-order valence-electron chi connectivity index (χ2n) is 8.29. The van der Waals surface area contributed by atoms with Crippen molar-refractivity contribution in [3.05, 3.63) is 70.6 Å². The van der Waals surface area contributed by atoms with Gasteiger partial charge in [-0.3, -0.25) is 4.72 Å². The number of sulfonamides is 1. The van der Waals surface area contributed by atoms with Crippen LogP contribution in [0.2, 0.25) is 0 Å². The van der Waals surface area contributed by atoms with Crippen LogP contribution in [0.4, 0.5) is 11.4 Å². The molecular weight excluding hydrogens is 400 g/mol. The van der Waals surface area contributed by atoms with E-state index in [-0.39, 0.29) is 0 Å². The van der Waals surface area contributed by atoms with Crippen molar-refractivity contribution in [2.24, 2.45) is 0 Å². The van der Waals surface area contributed by atoms with Gasteiger partial charge >= 0.3 is 0 Å². The molecule has 6 heteroatoms. The Morgan fingerprint density at radius 2 is 1.66 bits per heavy atom. The lowest BCUT2D eigenvalue weighted by Gasteiger charge is -2.20. The largest absolute Gasteiger partial charge is 0.381 e. The minimum Gasteiger partial charge on any atom is -0.381 e. The molecule has 0 amide bonds. The molecule has 3 rings (SSSR count). The van der Waals surface area contributed by atoms with Gasteiger partial charge in [0, 0.05) is 22.8 Å². The molecule has 29 heavy (non-hydrogen) atoms. The number of anilines is 2. The molecule has 2 N–H and O–H groups in total. The molecular formula is C23H28N2O2S2. The molecule has 0 aliphatic heterocycles. The van der Waals surface area contributed by atoms with Gasteiger partial charge in [-0.1, -0.05) is 18.2 Å². The van der Waals surface area contributed by atoms with Crippen molar-refractivity contribution in [2.75, 3.05) is 10.0 Å². The molecule has 0 saturated heterocycles. The Morgan fingerprint density at radius 1 is 0.966 bits per heavy atom. The lowest BCUT2D eigenvalue weighted by Crippen LogP contribution is -2.33. The van der Waals surface area contributed by atoms with Crippen molar-refractivity contribution in [3.63, 3.8) is 0 Å². The van der Waals surface area contributed by atoms with Gasteiger partial charge in [-0.15, -0.1) is 11.3 Å². The fourth-order valence-electron chi connectivity index (χ4n) is 2.79. The summed E-state index contributed by atoms with van der Waals surface area (Å²) in [5.74, 6) is 0. The molecule has 0 spiro atoms. The Balaban J connectivity index is 1.64. The highest BCUT2D eigenvalue weighted by Gasteiger charge is 2.28. The van der Waals surface area contributed by atoms with Crippen LogP contribution in [0.3, 0.4) is 0 Å². The number of hydrogen-bond donors (Lipinski definition) is 2. The van der Waals surface area contributed by atoms with Crippen molar-refractivity contribution in [1.82, 2.24) is 0 Å². The third kappa shape index (κ3) is 5.19. The Hall–Kier alpha value is -2.31. The second kappa shape index (κ2) is 8.20. The molecule has 3 aromatic rings. The van der Waals surface area contributed by atoms with Gasteiger partial charge in [0.05, 0.1) is 4.75 Å². The third-order valence-electron chi connectivity index (χ3n) is 4.74. The molecule has 0 radical (unpaired) electrons. The van der Waals surface area contributed by atoms with Gasteiger partial charge in [0.1, 0.15) is 0 Å². The zero-order chi connectivity index (χ0) is 21.2. The van der Waals surface area contributed by atoms with Crippen molar-refractivity contribution in [2.45, 2.75) is 45.9 Å². The molecule has 0 aliphatic rings. The minimum atomic E-state index is -3.41. The number of thiophene rings is 1. The average Bonchev–Trinajstić information content (AvgIpc) is 3.07. The van der Waals surface area contributed by atoms with Crippen molar-refractivity contribution < 1.29 is 8.42 Å². The van der Waals surface area contributed by atoms with Crippen LogP contribution in [-0.4, -0.2) is 13.2 Å². The van der Waals surface area contributed by atoms with Gasteiger partial charge in [-0.05, 0) is 92.6 Å². The molecule has 4 nitrogen and oxygen atoms in total. The quantitative estimate of drug-likeness (QED) is 0.492. The Kier molecular flexibility index (Phi) is 6.05. The molecule has 154 valence electrons. The lowest BCUT2D eigenvalue weighted by molar-refractivity contribution is 0.566. The summed E-state index contributed by atoms with van der Waals surface area (Å²) in [4.78, 5) is 1.28. The van der Waals surface area contributed by atoms with E-state index in [0.717, 1.165) is 11.3 Å². The summed E-state index contributed by atoms with van der Waals surface area (Å²) in [5, 5.41) is 5.64. The van der Waals surface area contributed by atoms with Crippen LogP contribution < -0.4 is 10.0 Å². The van der Waals surface area contributed by atoms with E-state index in [4.69, 9.17) is 0 Å². The first-order valence-corrected chi connectivity index (χ1v) is 11.9. The van der Waals surface area contributed by atoms with Gasteiger partial charge in [0.2, 0.25) is 10.0 Å². The number of aryl methyl sites for hydroxylation is 2. The Labute approximate surface area is 178 Å². The van der Waals surface area contributed by atoms with E-state index in [1.54, 1.807) is 44.2 Å². The molecule has 0 fully saturated rings. The third-order valence-corrected chi connectivity index (χ3v) is 7.95. The zero-order valence-corrected chi connectivity index (χ0v) is 19.2. The number of benzene rings is 2. The van der Waals surface area contributed by atoms with Crippen LogP contribution in [0.25, 0.3) is 10.4 Å². The van der Waals surface area contributed by atoms with Gasteiger partial charge in [-0.25, -0.2) is 8.42 Å². The molecule has 2 aromatic carbocycles. The normalized spacial score (nSPS) is 12.0. The van der Waals surface area contributed by atoms with Crippen molar-refractivity contribution in [1.29, 1.82) is 0 Å². The maximum Gasteiger partial charge on any atom is 0.237 e. The number of rotatable bonds is 6. The fourth-order valence-corrected chi connectivity index (χ4v) is 4.44. The summed E-state index contributed by atoms with van der Waals surface area (Å²) in [5.41, 5.74) is 6.49. The number of nitrogens with one attached hydrogen (secondary N) is 2. The standard InChI is InChI=1S/C23H28N2O2S2/c1-16-12-22(28-15-16)19-8-11-21(17(2)13-19)24-14-18-6-9-20(10-7-18)25-29(26,27)23(3,4)5/h6-13,15,24-25H,14H2,1-5H3. The SMILES string of the molecule is Cc1csc(-c2ccc(NCc3ccc(NS(=O)(=O)C(C)(C)C)cc3)c(C)c2)c1. The highest BCUT2D eigenvalue weighted by Crippen LogP contribution is 2.30. The predicted octanol–water partition coefficient (Wildman–Crippen LogP) is 6.18. The van der Waals surface area contributed by atoms with Crippen LogP contribution in [0.5, 0.6) is 0 Å². The van der Waals surface area contributed by atoms with E-state index in [0.29, 0.717) is 12.2 Å². The average molecular weight is 429 g/mol. The summed E-state index contributed by atoms with van der Waals surface area (Å²) in [6.07, 6.45) is 0. The Morgan fingerprint density at radius 3 is 2.21 bits per heavy atom. The Bertz CT molecular complexity index is 1090. The smallest absolute Gasteiger partial charge is 0.237 e. The molecule has 1 aromatic heterocycles. The van der Waals surface area contributed by atoms with Crippen LogP contribution >= 0.6 is 11.3 Å². The van der Waals surface area contributed by atoms with E-state index in [9.17, 15) is 8.42 Å². The summed E-state index contributed by atoms with van der Waals surface area (Å²) in [6.45, 7) is 9.94. The first-order valence-electron chi connectivity index (χ1n) is 9.56. The predicted molar refractivity (Wildman–Crippen MR) is 125 cm³/mol. The van der Waals surface area contributed by atoms with E-state index < -0.39 is 14.8 Å². The summed E-state index contributed by atoms with van der Waals surface area (Å²) >= 11 is 1.76. The maximum atomic E-state index is 12.3. The topological polar surface area (TPSA) is 58.2 Å². The van der Waals surface area contributed by atoms with E-state index >= 15 is 0 Å². The molecule has 1 heterocycles. The summed E-state index contributed by atoms with van der Waals surface area (Å²) < 4.78 is 26.3. The van der Waals surface area contributed by atoms with Crippen LogP contribution in [0.15, 0.2) is 53.9 Å². The molecule has 0 bridgehead atoms. The summed E-state index contributed by atoms with van der Waals surface area (Å²) in [6, 6.07) is 16.2. The minimum absolute atomic E-state index is 0.579. The maximum absolute atomic E-state index is 12.3. The van der Waals surface area contributed by atoms with Crippen LogP contribution in [0.1, 0.15) is 37.5 Å². The molecule has 0 aliphatic carbocycles. The monoisotopic (exact) mass is 428 g/mol. The van der Waals surface area contributed by atoms with E-state index in [1.165, 1.54) is 21.6 Å².